The Morgan fingerprint density at radius 1 is 1.00 bits per heavy atom. The van der Waals surface area contributed by atoms with Gasteiger partial charge in [0.1, 0.15) is 0 Å². The first-order valence-corrected chi connectivity index (χ1v) is 3.01. The summed E-state index contributed by atoms with van der Waals surface area (Å²) in [4.78, 5) is 2.00. The average Bonchev–Trinajstić information content (AvgIpc) is 2.11. The molecular weight excluding hydrogens is 317 g/mol. The molecule has 0 saturated heterocycles. The topological polar surface area (TPSA) is 3.24 Å². The van der Waals surface area contributed by atoms with Crippen LogP contribution in [0.15, 0.2) is 30.3 Å². The van der Waals surface area contributed by atoms with Gasteiger partial charge >= 0.3 is 21.1 Å². The molecule has 0 amide bonds. The van der Waals surface area contributed by atoms with E-state index in [1.54, 1.807) is 0 Å². The van der Waals surface area contributed by atoms with Crippen LogP contribution in [0, 0.1) is 0 Å². The molecular formula is C9H18NPt+. The van der Waals surface area contributed by atoms with E-state index >= 15 is 0 Å². The molecule has 1 nitrogen and oxygen atoms in total. The molecule has 0 aliphatic carbocycles. The monoisotopic (exact) mass is 335 g/mol. The number of nitrogens with zero attached hydrogens (tertiary/aromatic N) is 1. The molecule has 1 aromatic rings. The van der Waals surface area contributed by atoms with E-state index in [9.17, 15) is 0 Å². The third kappa shape index (κ3) is 25.6. The van der Waals surface area contributed by atoms with E-state index in [1.807, 2.05) is 56.4 Å². The van der Waals surface area contributed by atoms with Crippen LogP contribution >= 0.6 is 0 Å². The Kier molecular flexibility index (Phi) is 19.8. The summed E-state index contributed by atoms with van der Waals surface area (Å²) in [6.45, 7) is 0. The van der Waals surface area contributed by atoms with Gasteiger partial charge in [-0.15, -0.1) is 0 Å². The molecule has 0 heterocycles. The van der Waals surface area contributed by atoms with Crippen molar-refractivity contribution in [3.05, 3.63) is 30.3 Å². The maximum absolute atomic E-state index is 2.00. The minimum Gasteiger partial charge on any atom is -0.312 e. The molecule has 1 rings (SSSR count). The average molecular weight is 335 g/mol. The van der Waals surface area contributed by atoms with E-state index in [-0.39, 0.29) is 28.5 Å². The van der Waals surface area contributed by atoms with Crippen LogP contribution in [-0.2, 0) is 21.1 Å². The normalized spacial score (nSPS) is 6.91. The van der Waals surface area contributed by atoms with Crippen molar-refractivity contribution in [2.75, 3.05) is 21.1 Å². The first-order valence-electron chi connectivity index (χ1n) is 3.01. The van der Waals surface area contributed by atoms with Gasteiger partial charge in [0.15, 0.2) is 0 Å². The number of hydrogen-bond donors (Lipinski definition) is 0. The van der Waals surface area contributed by atoms with Crippen molar-refractivity contribution in [2.45, 2.75) is 7.43 Å². The van der Waals surface area contributed by atoms with Gasteiger partial charge in [-0.3, -0.25) is 0 Å². The second kappa shape index (κ2) is 12.7. The molecule has 0 spiro atoms. The minimum absolute atomic E-state index is 0. The van der Waals surface area contributed by atoms with Gasteiger partial charge in [-0.05, 0) is 21.1 Å². The summed E-state index contributed by atoms with van der Waals surface area (Å²) >= 11 is 0. The number of rotatable bonds is 0. The molecule has 0 N–H and O–H groups in total. The van der Waals surface area contributed by atoms with Gasteiger partial charge in [0.2, 0.25) is 0 Å². The molecule has 0 aliphatic rings. The first kappa shape index (κ1) is 17.2. The number of hydrogen-bond acceptors (Lipinski definition) is 1. The summed E-state index contributed by atoms with van der Waals surface area (Å²) in [6, 6.07) is 10.0. The minimum atomic E-state index is 0. The predicted molar refractivity (Wildman–Crippen MR) is 48.4 cm³/mol. The Morgan fingerprint density at radius 3 is 1.36 bits per heavy atom. The van der Waals surface area contributed by atoms with Gasteiger partial charge in [0.05, 0.1) is 0 Å². The first-order chi connectivity index (χ1) is 4.23. The second-order valence-corrected chi connectivity index (χ2v) is 2.30. The Labute approximate surface area is 85.0 Å². The van der Waals surface area contributed by atoms with Gasteiger partial charge in [-0.2, -0.15) is 18.2 Å². The van der Waals surface area contributed by atoms with Crippen LogP contribution in [0.4, 0.5) is 0 Å². The maximum Gasteiger partial charge on any atom is 2.00 e. The fourth-order valence-electron chi connectivity index (χ4n) is 0.321. The van der Waals surface area contributed by atoms with Crippen LogP contribution in [0.3, 0.4) is 0 Å². The largest absolute Gasteiger partial charge is 2.00 e. The van der Waals surface area contributed by atoms with Crippen molar-refractivity contribution >= 4 is 0 Å². The molecule has 0 fully saturated rings. The molecule has 0 atom stereocenters. The summed E-state index contributed by atoms with van der Waals surface area (Å²) in [5.41, 5.74) is 0. The van der Waals surface area contributed by atoms with E-state index in [4.69, 9.17) is 0 Å². The third-order valence-corrected chi connectivity index (χ3v) is 0.556. The van der Waals surface area contributed by atoms with Crippen LogP contribution in [0.2, 0.25) is 0 Å². The summed E-state index contributed by atoms with van der Waals surface area (Å²) in [5.74, 6) is 0. The van der Waals surface area contributed by atoms with Crippen molar-refractivity contribution in [3.8, 4) is 0 Å². The molecule has 0 aromatic heterocycles. The van der Waals surface area contributed by atoms with Crippen LogP contribution in [0.1, 0.15) is 7.43 Å². The molecule has 0 saturated carbocycles. The zero-order valence-corrected chi connectivity index (χ0v) is 8.92. The fraction of sp³-hybridized carbons (Fsp3) is 0.444. The fourth-order valence-corrected chi connectivity index (χ4v) is 0.321. The Balaban J connectivity index is -0.000000101. The van der Waals surface area contributed by atoms with Crippen LogP contribution in [0.25, 0.3) is 0 Å². The van der Waals surface area contributed by atoms with Gasteiger partial charge in [0.25, 0.3) is 0 Å². The van der Waals surface area contributed by atoms with E-state index in [1.165, 1.54) is 0 Å². The van der Waals surface area contributed by atoms with Gasteiger partial charge in [0, 0.05) is 0 Å². The van der Waals surface area contributed by atoms with Crippen LogP contribution < -0.4 is 0 Å². The van der Waals surface area contributed by atoms with Gasteiger partial charge < -0.3 is 4.90 Å². The summed E-state index contributed by atoms with van der Waals surface area (Å²) in [5, 5.41) is 0. The predicted octanol–water partition coefficient (Wildman–Crippen LogP) is 2.22. The van der Waals surface area contributed by atoms with Gasteiger partial charge in [-0.1, -0.05) is 7.43 Å². The Hall–Kier alpha value is -0.00169. The zero-order chi connectivity index (χ0) is 7.11. The quantitative estimate of drug-likeness (QED) is 0.657. The third-order valence-electron chi connectivity index (χ3n) is 0.556. The smallest absolute Gasteiger partial charge is 0.312 e. The van der Waals surface area contributed by atoms with Crippen molar-refractivity contribution in [1.82, 2.24) is 4.90 Å². The van der Waals surface area contributed by atoms with Crippen molar-refractivity contribution in [1.29, 1.82) is 0 Å². The van der Waals surface area contributed by atoms with E-state index in [0.29, 0.717) is 0 Å². The van der Waals surface area contributed by atoms with Crippen molar-refractivity contribution in [2.24, 2.45) is 0 Å². The summed E-state index contributed by atoms with van der Waals surface area (Å²) in [7, 11) is 6.00. The molecule has 11 heavy (non-hydrogen) atoms. The molecule has 0 aliphatic heterocycles. The standard InChI is InChI=1S/C5H5.C3H9N.CH4.Pt/c1-2-4-5-3-1;1-4(2)3;;/h1-5H;1-3H3;1H4;/q-1;;;+2. The zero-order valence-electron chi connectivity index (χ0n) is 6.65. The summed E-state index contributed by atoms with van der Waals surface area (Å²) in [6.07, 6.45) is 0. The second-order valence-electron chi connectivity index (χ2n) is 2.30. The molecule has 2 heteroatoms. The van der Waals surface area contributed by atoms with Crippen LogP contribution in [-0.4, -0.2) is 26.0 Å². The maximum atomic E-state index is 2.00. The molecule has 0 unspecified atom stereocenters. The molecule has 68 valence electrons. The van der Waals surface area contributed by atoms with Gasteiger partial charge in [-0.25, -0.2) is 12.1 Å². The SMILES string of the molecule is C.CN(C)C.[Pt+2].c1cc[cH-]c1. The van der Waals surface area contributed by atoms with Crippen LogP contribution in [0.5, 0.6) is 0 Å². The Bertz CT molecular complexity index is 93.1. The van der Waals surface area contributed by atoms with E-state index in [0.717, 1.165) is 0 Å². The molecule has 1 aromatic carbocycles. The Morgan fingerprint density at radius 2 is 1.27 bits per heavy atom. The van der Waals surface area contributed by atoms with Crippen molar-refractivity contribution in [3.63, 3.8) is 0 Å². The molecule has 0 bridgehead atoms. The van der Waals surface area contributed by atoms with E-state index in [2.05, 4.69) is 0 Å². The molecule has 0 radical (unpaired) electrons. The summed E-state index contributed by atoms with van der Waals surface area (Å²) < 4.78 is 0. The van der Waals surface area contributed by atoms with E-state index < -0.39 is 0 Å². The van der Waals surface area contributed by atoms with Crippen molar-refractivity contribution < 1.29 is 21.1 Å².